The molecule has 0 aliphatic heterocycles. The van der Waals surface area contributed by atoms with Crippen molar-refractivity contribution in [3.05, 3.63) is 35.4 Å². The van der Waals surface area contributed by atoms with Gasteiger partial charge in [0.15, 0.2) is 0 Å². The Kier molecular flexibility index (Phi) is 3.68. The van der Waals surface area contributed by atoms with E-state index in [0.29, 0.717) is 11.3 Å². The molecule has 0 saturated carbocycles. The number of hydrogen-bond donors (Lipinski definition) is 2. The van der Waals surface area contributed by atoms with Gasteiger partial charge >= 0.3 is 6.18 Å². The fourth-order valence-electron chi connectivity index (χ4n) is 1.07. The molecule has 0 spiro atoms. The Hall–Kier alpha value is -1.10. The summed E-state index contributed by atoms with van der Waals surface area (Å²) in [6.07, 6.45) is -1.40. The molecular formula is C10H9F3OS. The molecule has 0 unspecified atom stereocenters. The molecule has 0 saturated heterocycles. The number of phenols is 1. The van der Waals surface area contributed by atoms with E-state index >= 15 is 0 Å². The van der Waals surface area contributed by atoms with Crippen LogP contribution in [0.5, 0.6) is 5.75 Å². The molecule has 0 atom stereocenters. The molecule has 0 amide bonds. The van der Waals surface area contributed by atoms with E-state index in [-0.39, 0.29) is 0 Å². The van der Waals surface area contributed by atoms with Crippen LogP contribution in [0.15, 0.2) is 24.3 Å². The van der Waals surface area contributed by atoms with Crippen molar-refractivity contribution in [2.75, 3.05) is 5.75 Å². The van der Waals surface area contributed by atoms with Crippen molar-refractivity contribution in [3.63, 3.8) is 0 Å². The molecule has 0 radical (unpaired) electrons. The number of benzene rings is 1. The summed E-state index contributed by atoms with van der Waals surface area (Å²) in [5, 5.41) is 9.04. The lowest BCUT2D eigenvalue weighted by molar-refractivity contribution is -0.138. The van der Waals surface area contributed by atoms with Gasteiger partial charge in [0.25, 0.3) is 0 Å². The first-order valence-corrected chi connectivity index (χ1v) is 4.76. The average Bonchev–Trinajstić information content (AvgIpc) is 2.15. The van der Waals surface area contributed by atoms with Crippen LogP contribution < -0.4 is 0 Å². The maximum absolute atomic E-state index is 12.4. The van der Waals surface area contributed by atoms with Crippen molar-refractivity contribution < 1.29 is 18.3 Å². The molecule has 15 heavy (non-hydrogen) atoms. The van der Waals surface area contributed by atoms with Crippen LogP contribution >= 0.6 is 12.6 Å². The van der Waals surface area contributed by atoms with Crippen molar-refractivity contribution in [2.45, 2.75) is 6.18 Å². The highest BCUT2D eigenvalue weighted by Crippen LogP contribution is 2.36. The standard InChI is InChI=1S/C10H9F3OS/c11-10(12,13)8-6-7(2-1-5-15)3-4-9(8)14/h1-4,6,14-15H,5H2. The SMILES string of the molecule is Oc1ccc(C=CCS)cc1C(F)(F)F. The molecule has 0 aromatic heterocycles. The van der Waals surface area contributed by atoms with Crippen molar-refractivity contribution in [3.8, 4) is 5.75 Å². The van der Waals surface area contributed by atoms with Gasteiger partial charge < -0.3 is 5.11 Å². The minimum absolute atomic E-state index is 0.383. The average molecular weight is 234 g/mol. The zero-order chi connectivity index (χ0) is 11.5. The summed E-state index contributed by atoms with van der Waals surface area (Å²) in [7, 11) is 0. The Balaban J connectivity index is 3.11. The number of alkyl halides is 3. The zero-order valence-corrected chi connectivity index (χ0v) is 8.52. The van der Waals surface area contributed by atoms with E-state index in [1.807, 2.05) is 0 Å². The molecule has 1 aromatic rings. The number of thiol groups is 1. The van der Waals surface area contributed by atoms with E-state index in [0.717, 1.165) is 12.1 Å². The van der Waals surface area contributed by atoms with Crippen molar-refractivity contribution in [1.82, 2.24) is 0 Å². The predicted molar refractivity (Wildman–Crippen MR) is 56.0 cm³/mol. The van der Waals surface area contributed by atoms with E-state index in [1.165, 1.54) is 12.1 Å². The minimum Gasteiger partial charge on any atom is -0.507 e. The first-order valence-electron chi connectivity index (χ1n) is 4.13. The molecule has 1 rings (SSSR count). The molecule has 1 N–H and O–H groups in total. The molecule has 0 bridgehead atoms. The molecule has 0 aliphatic carbocycles. The number of rotatable bonds is 2. The second-order valence-corrected chi connectivity index (χ2v) is 3.22. The second-order valence-electron chi connectivity index (χ2n) is 2.86. The van der Waals surface area contributed by atoms with Crippen LogP contribution in [0.1, 0.15) is 11.1 Å². The van der Waals surface area contributed by atoms with Crippen LogP contribution in [0, 0.1) is 0 Å². The summed E-state index contributed by atoms with van der Waals surface area (Å²) < 4.78 is 37.1. The van der Waals surface area contributed by atoms with Gasteiger partial charge in [-0.1, -0.05) is 18.2 Å². The molecular weight excluding hydrogens is 225 g/mol. The molecule has 0 aliphatic rings. The van der Waals surface area contributed by atoms with Crippen LogP contribution in [0.2, 0.25) is 0 Å². The van der Waals surface area contributed by atoms with Gasteiger partial charge in [-0.2, -0.15) is 25.8 Å². The highest BCUT2D eigenvalue weighted by Gasteiger charge is 2.33. The third-order valence-corrected chi connectivity index (χ3v) is 1.95. The third-order valence-electron chi connectivity index (χ3n) is 1.74. The maximum Gasteiger partial charge on any atom is 0.419 e. The monoisotopic (exact) mass is 234 g/mol. The van der Waals surface area contributed by atoms with E-state index < -0.39 is 17.5 Å². The summed E-state index contributed by atoms with van der Waals surface area (Å²) >= 11 is 3.90. The smallest absolute Gasteiger partial charge is 0.419 e. The number of aromatic hydroxyl groups is 1. The van der Waals surface area contributed by atoms with Gasteiger partial charge in [-0.3, -0.25) is 0 Å². The molecule has 5 heteroatoms. The maximum atomic E-state index is 12.4. The Morgan fingerprint density at radius 2 is 2.00 bits per heavy atom. The second kappa shape index (κ2) is 4.61. The summed E-state index contributed by atoms with van der Waals surface area (Å²) in [4.78, 5) is 0. The summed E-state index contributed by atoms with van der Waals surface area (Å²) in [5.74, 6) is -0.312. The van der Waals surface area contributed by atoms with Crippen LogP contribution in [0.4, 0.5) is 13.2 Å². The number of hydrogen-bond acceptors (Lipinski definition) is 2. The van der Waals surface area contributed by atoms with Gasteiger partial charge in [-0.25, -0.2) is 0 Å². The lowest BCUT2D eigenvalue weighted by atomic mass is 10.1. The van der Waals surface area contributed by atoms with Crippen molar-refractivity contribution in [2.24, 2.45) is 0 Å². The van der Waals surface area contributed by atoms with Gasteiger partial charge in [0, 0.05) is 5.75 Å². The van der Waals surface area contributed by atoms with Gasteiger partial charge in [0.1, 0.15) is 5.75 Å². The highest BCUT2D eigenvalue weighted by molar-refractivity contribution is 7.80. The van der Waals surface area contributed by atoms with Crippen LogP contribution in [-0.4, -0.2) is 10.9 Å². The fourth-order valence-corrected chi connectivity index (χ4v) is 1.18. The van der Waals surface area contributed by atoms with E-state index in [9.17, 15) is 13.2 Å². The molecule has 82 valence electrons. The number of halogens is 3. The van der Waals surface area contributed by atoms with Crippen LogP contribution in [0.3, 0.4) is 0 Å². The normalized spacial score (nSPS) is 12.3. The highest BCUT2D eigenvalue weighted by atomic mass is 32.1. The quantitative estimate of drug-likeness (QED) is 0.752. The first kappa shape index (κ1) is 12.0. The lowest BCUT2D eigenvalue weighted by Gasteiger charge is -2.09. The summed E-state index contributed by atoms with van der Waals surface area (Å²) in [6, 6.07) is 3.33. The van der Waals surface area contributed by atoms with E-state index in [4.69, 9.17) is 5.11 Å². The molecule has 1 nitrogen and oxygen atoms in total. The Labute approximate surface area is 90.6 Å². The first-order chi connectivity index (χ1) is 6.95. The fraction of sp³-hybridized carbons (Fsp3) is 0.200. The molecule has 0 heterocycles. The van der Waals surface area contributed by atoms with Gasteiger partial charge in [0.05, 0.1) is 5.56 Å². The summed E-state index contributed by atoms with van der Waals surface area (Å²) in [5.41, 5.74) is -0.641. The van der Waals surface area contributed by atoms with Gasteiger partial charge in [-0.15, -0.1) is 0 Å². The van der Waals surface area contributed by atoms with Gasteiger partial charge in [0.2, 0.25) is 0 Å². The lowest BCUT2D eigenvalue weighted by Crippen LogP contribution is -2.05. The van der Waals surface area contributed by atoms with E-state index in [2.05, 4.69) is 12.6 Å². The predicted octanol–water partition coefficient (Wildman–Crippen LogP) is 3.35. The van der Waals surface area contributed by atoms with Crippen molar-refractivity contribution in [1.29, 1.82) is 0 Å². The Morgan fingerprint density at radius 1 is 1.33 bits per heavy atom. The minimum atomic E-state index is -4.53. The van der Waals surface area contributed by atoms with Crippen molar-refractivity contribution >= 4 is 18.7 Å². The van der Waals surface area contributed by atoms with Crippen LogP contribution in [0.25, 0.3) is 6.08 Å². The van der Waals surface area contributed by atoms with Gasteiger partial charge in [-0.05, 0) is 17.7 Å². The van der Waals surface area contributed by atoms with Crippen LogP contribution in [-0.2, 0) is 6.18 Å². The largest absolute Gasteiger partial charge is 0.507 e. The molecule has 1 aromatic carbocycles. The Morgan fingerprint density at radius 3 is 2.53 bits per heavy atom. The number of phenolic OH excluding ortho intramolecular Hbond substituents is 1. The van der Waals surface area contributed by atoms with E-state index in [1.54, 1.807) is 6.08 Å². The summed E-state index contributed by atoms with van der Waals surface area (Å²) in [6.45, 7) is 0. The third kappa shape index (κ3) is 3.20. The topological polar surface area (TPSA) is 20.2 Å². The molecule has 0 fully saturated rings. The zero-order valence-electron chi connectivity index (χ0n) is 7.62. The Bertz CT molecular complexity index is 371.